The number of aryl methyl sites for hydroxylation is 1. The molecule has 0 aliphatic heterocycles. The minimum Gasteiger partial charge on any atom is -0.325 e. The van der Waals surface area contributed by atoms with Crippen molar-refractivity contribution in [2.75, 3.05) is 11.1 Å². The van der Waals surface area contributed by atoms with Crippen molar-refractivity contribution in [3.8, 4) is 6.07 Å². The molecule has 0 unspecified atom stereocenters. The fourth-order valence-electron chi connectivity index (χ4n) is 3.46. The summed E-state index contributed by atoms with van der Waals surface area (Å²) < 4.78 is 54.5. The van der Waals surface area contributed by atoms with Crippen LogP contribution < -0.4 is 5.32 Å². The standard InChI is InChI=1S/C21H19F4N3OS/c22-13-7-9-14(10-8-13)27-18(29)12-30-20-16(11-26)19(21(23,24)25)15-5-3-1-2-4-6-17(15)28-20/h7-10H,1-6,12H2,(H,27,29). The lowest BCUT2D eigenvalue weighted by Crippen LogP contribution is -2.19. The van der Waals surface area contributed by atoms with Gasteiger partial charge in [-0.1, -0.05) is 24.6 Å². The van der Waals surface area contributed by atoms with Gasteiger partial charge in [-0.25, -0.2) is 9.37 Å². The summed E-state index contributed by atoms with van der Waals surface area (Å²) in [5, 5.41) is 11.9. The highest BCUT2D eigenvalue weighted by Gasteiger charge is 2.39. The highest BCUT2D eigenvalue weighted by Crippen LogP contribution is 2.40. The Morgan fingerprint density at radius 3 is 2.43 bits per heavy atom. The van der Waals surface area contributed by atoms with Crippen LogP contribution >= 0.6 is 11.8 Å². The molecule has 2 aromatic rings. The third kappa shape index (κ3) is 5.30. The second-order valence-corrected chi connectivity index (χ2v) is 7.92. The molecule has 1 N–H and O–H groups in total. The average Bonchev–Trinajstić information content (AvgIpc) is 2.67. The summed E-state index contributed by atoms with van der Waals surface area (Å²) in [6.07, 6.45) is -0.901. The Morgan fingerprint density at radius 1 is 1.13 bits per heavy atom. The first-order valence-electron chi connectivity index (χ1n) is 9.51. The Morgan fingerprint density at radius 2 is 1.80 bits per heavy atom. The van der Waals surface area contributed by atoms with Crippen LogP contribution in [0.3, 0.4) is 0 Å². The lowest BCUT2D eigenvalue weighted by Gasteiger charge is -2.21. The van der Waals surface area contributed by atoms with Gasteiger partial charge >= 0.3 is 6.18 Å². The van der Waals surface area contributed by atoms with E-state index in [-0.39, 0.29) is 22.8 Å². The van der Waals surface area contributed by atoms with Gasteiger partial charge in [0.25, 0.3) is 0 Å². The summed E-state index contributed by atoms with van der Waals surface area (Å²) in [6.45, 7) is 0. The molecule has 0 saturated carbocycles. The molecule has 1 heterocycles. The predicted octanol–water partition coefficient (Wildman–Crippen LogP) is 5.50. The summed E-state index contributed by atoms with van der Waals surface area (Å²) in [4.78, 5) is 16.5. The van der Waals surface area contributed by atoms with Crippen molar-refractivity contribution in [1.82, 2.24) is 4.98 Å². The first kappa shape index (κ1) is 22.1. The van der Waals surface area contributed by atoms with Crippen molar-refractivity contribution in [3.05, 3.63) is 52.5 Å². The van der Waals surface area contributed by atoms with Crippen LogP contribution in [0.5, 0.6) is 0 Å². The van der Waals surface area contributed by atoms with Gasteiger partial charge in [0.2, 0.25) is 5.91 Å². The fraction of sp³-hybridized carbons (Fsp3) is 0.381. The normalized spacial score (nSPS) is 14.2. The van der Waals surface area contributed by atoms with Gasteiger partial charge in [0.05, 0.1) is 16.9 Å². The zero-order valence-corrected chi connectivity index (χ0v) is 16.8. The highest BCUT2D eigenvalue weighted by atomic mass is 32.2. The highest BCUT2D eigenvalue weighted by molar-refractivity contribution is 8.00. The first-order chi connectivity index (χ1) is 14.3. The van der Waals surface area contributed by atoms with E-state index in [0.29, 0.717) is 24.2 Å². The van der Waals surface area contributed by atoms with E-state index in [4.69, 9.17) is 0 Å². The van der Waals surface area contributed by atoms with Crippen LogP contribution in [0.1, 0.15) is 48.1 Å². The lowest BCUT2D eigenvalue weighted by molar-refractivity contribution is -0.138. The van der Waals surface area contributed by atoms with Crippen LogP contribution in [-0.2, 0) is 23.8 Å². The number of alkyl halides is 3. The molecule has 0 atom stereocenters. The average molecular weight is 437 g/mol. The monoisotopic (exact) mass is 437 g/mol. The number of halogens is 4. The van der Waals surface area contributed by atoms with E-state index in [2.05, 4.69) is 10.3 Å². The van der Waals surface area contributed by atoms with Crippen molar-refractivity contribution in [2.45, 2.75) is 49.7 Å². The zero-order chi connectivity index (χ0) is 21.7. The number of fused-ring (bicyclic) bond motifs is 1. The third-order valence-electron chi connectivity index (χ3n) is 4.80. The van der Waals surface area contributed by atoms with Gasteiger partial charge in [-0.05, 0) is 55.5 Å². The van der Waals surface area contributed by atoms with Gasteiger partial charge in [-0.3, -0.25) is 4.79 Å². The topological polar surface area (TPSA) is 65.8 Å². The Bertz CT molecular complexity index is 968. The molecule has 1 aromatic heterocycles. The van der Waals surface area contributed by atoms with Gasteiger partial charge in [-0.15, -0.1) is 0 Å². The number of hydrogen-bond donors (Lipinski definition) is 1. The molecule has 1 aliphatic rings. The molecule has 1 aromatic carbocycles. The summed E-state index contributed by atoms with van der Waals surface area (Å²) in [7, 11) is 0. The van der Waals surface area contributed by atoms with E-state index in [1.165, 1.54) is 24.3 Å². The Labute approximate surface area is 175 Å². The minimum absolute atomic E-state index is 0.0848. The minimum atomic E-state index is -4.68. The summed E-state index contributed by atoms with van der Waals surface area (Å²) in [5.74, 6) is -1.17. The van der Waals surface area contributed by atoms with Crippen LogP contribution in [0.25, 0.3) is 0 Å². The van der Waals surface area contributed by atoms with E-state index < -0.39 is 29.0 Å². The molecule has 158 valence electrons. The third-order valence-corrected chi connectivity index (χ3v) is 5.78. The zero-order valence-electron chi connectivity index (χ0n) is 16.0. The van der Waals surface area contributed by atoms with E-state index in [1.54, 1.807) is 6.07 Å². The Hall–Kier alpha value is -2.60. The summed E-state index contributed by atoms with van der Waals surface area (Å²) in [5.41, 5.74) is -0.606. The number of rotatable bonds is 4. The largest absolute Gasteiger partial charge is 0.418 e. The number of nitrogens with zero attached hydrogens (tertiary/aromatic N) is 2. The second kappa shape index (κ2) is 9.47. The van der Waals surface area contributed by atoms with Crippen LogP contribution in [0.4, 0.5) is 23.2 Å². The van der Waals surface area contributed by atoms with Crippen LogP contribution in [-0.4, -0.2) is 16.6 Å². The fourth-order valence-corrected chi connectivity index (χ4v) is 4.26. The van der Waals surface area contributed by atoms with Crippen LogP contribution in [0.15, 0.2) is 29.3 Å². The summed E-state index contributed by atoms with van der Waals surface area (Å²) >= 11 is 0.798. The number of aromatic nitrogens is 1. The van der Waals surface area contributed by atoms with Gasteiger partial charge in [0.15, 0.2) is 0 Å². The predicted molar refractivity (Wildman–Crippen MR) is 106 cm³/mol. The Balaban J connectivity index is 1.88. The number of nitrogens with one attached hydrogen (secondary N) is 1. The summed E-state index contributed by atoms with van der Waals surface area (Å²) in [6, 6.07) is 6.78. The molecular formula is C21H19F4N3OS. The number of hydrogen-bond acceptors (Lipinski definition) is 4. The SMILES string of the molecule is N#Cc1c(SCC(=O)Nc2ccc(F)cc2)nc2c(c1C(F)(F)F)CCCCCC2. The molecule has 30 heavy (non-hydrogen) atoms. The number of carbonyl (C=O) groups is 1. The molecule has 1 amide bonds. The van der Waals surface area contributed by atoms with E-state index in [0.717, 1.165) is 31.0 Å². The quantitative estimate of drug-likeness (QED) is 0.507. The number of amides is 1. The lowest BCUT2D eigenvalue weighted by atomic mass is 9.91. The van der Waals surface area contributed by atoms with E-state index in [1.807, 2.05) is 0 Å². The van der Waals surface area contributed by atoms with Crippen molar-refractivity contribution >= 4 is 23.4 Å². The smallest absolute Gasteiger partial charge is 0.325 e. The molecular weight excluding hydrogens is 418 g/mol. The maximum absolute atomic E-state index is 13.9. The number of anilines is 1. The molecule has 0 fully saturated rings. The number of thioether (sulfide) groups is 1. The van der Waals surface area contributed by atoms with Crippen molar-refractivity contribution in [2.24, 2.45) is 0 Å². The molecule has 0 bridgehead atoms. The van der Waals surface area contributed by atoms with Crippen LogP contribution in [0.2, 0.25) is 0 Å². The molecule has 1 aliphatic carbocycles. The molecule has 0 saturated heterocycles. The maximum Gasteiger partial charge on any atom is 0.418 e. The number of carbonyl (C=O) groups excluding carboxylic acids is 1. The van der Waals surface area contributed by atoms with Gasteiger partial charge in [-0.2, -0.15) is 18.4 Å². The van der Waals surface area contributed by atoms with Crippen molar-refractivity contribution in [1.29, 1.82) is 5.26 Å². The molecule has 0 spiro atoms. The molecule has 3 rings (SSSR count). The van der Waals surface area contributed by atoms with Gasteiger partial charge < -0.3 is 5.32 Å². The van der Waals surface area contributed by atoms with Crippen molar-refractivity contribution < 1.29 is 22.4 Å². The Kier molecular flexibility index (Phi) is 6.98. The maximum atomic E-state index is 13.9. The first-order valence-corrected chi connectivity index (χ1v) is 10.5. The molecule has 9 heteroatoms. The number of pyridine rings is 1. The van der Waals surface area contributed by atoms with Gasteiger partial charge in [0, 0.05) is 11.4 Å². The van der Waals surface area contributed by atoms with E-state index in [9.17, 15) is 27.6 Å². The number of benzene rings is 1. The van der Waals surface area contributed by atoms with Crippen molar-refractivity contribution in [3.63, 3.8) is 0 Å². The van der Waals surface area contributed by atoms with E-state index >= 15 is 0 Å². The second-order valence-electron chi connectivity index (χ2n) is 6.96. The van der Waals surface area contributed by atoms with Crippen LogP contribution in [0, 0.1) is 17.1 Å². The van der Waals surface area contributed by atoms with Gasteiger partial charge in [0.1, 0.15) is 16.9 Å². The number of nitriles is 1. The molecule has 0 radical (unpaired) electrons. The molecule has 4 nitrogen and oxygen atoms in total.